The van der Waals surface area contributed by atoms with Crippen LogP contribution in [0.2, 0.25) is 0 Å². The van der Waals surface area contributed by atoms with Gasteiger partial charge in [0.25, 0.3) is 0 Å². The molecule has 1 atom stereocenters. The Morgan fingerprint density at radius 2 is 2.00 bits per heavy atom. The van der Waals surface area contributed by atoms with Gasteiger partial charge in [-0.15, -0.1) is 0 Å². The average molecular weight is 209 g/mol. The van der Waals surface area contributed by atoms with Crippen molar-refractivity contribution in [3.63, 3.8) is 0 Å². The predicted molar refractivity (Wildman–Crippen MR) is 56.8 cm³/mol. The molecule has 4 heteroatoms. The van der Waals surface area contributed by atoms with Crippen molar-refractivity contribution in [1.82, 2.24) is 0 Å². The summed E-state index contributed by atoms with van der Waals surface area (Å²) in [6.45, 7) is 3.98. The first-order chi connectivity index (χ1) is 6.93. The van der Waals surface area contributed by atoms with Gasteiger partial charge in [0.15, 0.2) is 0 Å². The maximum atomic E-state index is 10.7. The normalized spacial score (nSPS) is 12.8. The summed E-state index contributed by atoms with van der Waals surface area (Å²) in [5.41, 5.74) is 6.66. The minimum atomic E-state index is -1.18. The maximum Gasteiger partial charge on any atom is 0.325 e. The van der Waals surface area contributed by atoms with Crippen molar-refractivity contribution >= 4 is 5.97 Å². The third-order valence-electron chi connectivity index (χ3n) is 2.32. The molecule has 0 aliphatic heterocycles. The Labute approximate surface area is 88.3 Å². The van der Waals surface area contributed by atoms with Gasteiger partial charge in [-0.2, -0.15) is 0 Å². The molecule has 15 heavy (non-hydrogen) atoms. The zero-order chi connectivity index (χ0) is 11.6. The monoisotopic (exact) mass is 209 g/mol. The molecule has 0 aliphatic carbocycles. The molecular formula is C11H15NO3. The second-order valence-corrected chi connectivity index (χ2v) is 3.79. The Hall–Kier alpha value is -1.55. The summed E-state index contributed by atoms with van der Waals surface area (Å²) in [5.74, 6) is -0.953. The quantitative estimate of drug-likeness (QED) is 0.706. The van der Waals surface area contributed by atoms with Crippen LogP contribution in [0.1, 0.15) is 36.9 Å². The lowest BCUT2D eigenvalue weighted by atomic mass is 9.97. The summed E-state index contributed by atoms with van der Waals surface area (Å²) in [6, 6.07) is 3.70. The molecule has 82 valence electrons. The van der Waals surface area contributed by atoms with Crippen LogP contribution in [0, 0.1) is 0 Å². The van der Waals surface area contributed by atoms with Gasteiger partial charge in [-0.25, -0.2) is 0 Å². The molecule has 0 fully saturated rings. The number of carboxylic acid groups (broad SMARTS) is 1. The van der Waals surface area contributed by atoms with Gasteiger partial charge in [0.1, 0.15) is 11.8 Å². The van der Waals surface area contributed by atoms with Crippen LogP contribution in [-0.2, 0) is 4.79 Å². The molecule has 0 bridgehead atoms. The number of aromatic hydroxyl groups is 1. The topological polar surface area (TPSA) is 83.5 Å². The van der Waals surface area contributed by atoms with Crippen LogP contribution in [-0.4, -0.2) is 16.2 Å². The number of hydrogen-bond acceptors (Lipinski definition) is 3. The summed E-state index contributed by atoms with van der Waals surface area (Å²) < 4.78 is 0. The van der Waals surface area contributed by atoms with Crippen LogP contribution in [0.3, 0.4) is 0 Å². The minimum absolute atomic E-state index is 0.0747. The molecule has 4 N–H and O–H groups in total. The number of rotatable bonds is 3. The maximum absolute atomic E-state index is 10.7. The highest BCUT2D eigenvalue weighted by atomic mass is 16.4. The van der Waals surface area contributed by atoms with Crippen LogP contribution in [0.5, 0.6) is 5.75 Å². The van der Waals surface area contributed by atoms with Gasteiger partial charge in [-0.1, -0.05) is 19.9 Å². The molecule has 0 spiro atoms. The first-order valence-electron chi connectivity index (χ1n) is 4.74. The van der Waals surface area contributed by atoms with E-state index >= 15 is 0 Å². The molecular weight excluding hydrogens is 194 g/mol. The van der Waals surface area contributed by atoms with Gasteiger partial charge in [0.05, 0.1) is 0 Å². The lowest BCUT2D eigenvalue weighted by Gasteiger charge is -2.12. The summed E-state index contributed by atoms with van der Waals surface area (Å²) in [4.78, 5) is 10.7. The number of nitrogens with two attached hydrogens (primary N) is 1. The van der Waals surface area contributed by atoms with Crippen molar-refractivity contribution in [2.75, 3.05) is 0 Å². The first-order valence-corrected chi connectivity index (χ1v) is 4.74. The van der Waals surface area contributed by atoms with E-state index in [0.717, 1.165) is 5.56 Å². The Morgan fingerprint density at radius 1 is 1.40 bits per heavy atom. The van der Waals surface area contributed by atoms with Gasteiger partial charge < -0.3 is 15.9 Å². The smallest absolute Gasteiger partial charge is 0.325 e. The van der Waals surface area contributed by atoms with E-state index in [0.29, 0.717) is 0 Å². The second-order valence-electron chi connectivity index (χ2n) is 3.79. The molecule has 4 nitrogen and oxygen atoms in total. The van der Waals surface area contributed by atoms with Gasteiger partial charge in [-0.3, -0.25) is 4.79 Å². The summed E-state index contributed by atoms with van der Waals surface area (Å²) in [5, 5.41) is 18.2. The van der Waals surface area contributed by atoms with E-state index in [1.54, 1.807) is 12.1 Å². The molecule has 0 aliphatic rings. The standard InChI is InChI=1S/C11H15NO3/c1-6(2)7-3-4-9(13)8(5-7)10(12)11(14)15/h3-6,10,13H,12H2,1-2H3,(H,14,15)/t10-/m0/s1. The van der Waals surface area contributed by atoms with E-state index in [-0.39, 0.29) is 17.2 Å². The number of aliphatic carboxylic acids is 1. The van der Waals surface area contributed by atoms with Crippen molar-refractivity contribution < 1.29 is 15.0 Å². The molecule has 0 heterocycles. The zero-order valence-corrected chi connectivity index (χ0v) is 8.77. The predicted octanol–water partition coefficient (Wildman–Crippen LogP) is 1.60. The van der Waals surface area contributed by atoms with Gasteiger partial charge in [-0.05, 0) is 23.6 Å². The Morgan fingerprint density at radius 3 is 2.47 bits per heavy atom. The van der Waals surface area contributed by atoms with Gasteiger partial charge in [0.2, 0.25) is 0 Å². The number of hydrogen-bond donors (Lipinski definition) is 3. The fourth-order valence-electron chi connectivity index (χ4n) is 1.31. The van der Waals surface area contributed by atoms with Crippen LogP contribution in [0.15, 0.2) is 18.2 Å². The van der Waals surface area contributed by atoms with E-state index < -0.39 is 12.0 Å². The Kier molecular flexibility index (Phi) is 3.31. The van der Waals surface area contributed by atoms with Crippen LogP contribution >= 0.6 is 0 Å². The lowest BCUT2D eigenvalue weighted by Crippen LogP contribution is -2.20. The number of phenols is 1. The molecule has 0 aromatic heterocycles. The van der Waals surface area contributed by atoms with Crippen molar-refractivity contribution in [3.8, 4) is 5.75 Å². The number of phenolic OH excluding ortho intramolecular Hbond substituents is 1. The highest BCUT2D eigenvalue weighted by molar-refractivity contribution is 5.76. The van der Waals surface area contributed by atoms with Crippen molar-refractivity contribution in [3.05, 3.63) is 29.3 Å². The largest absolute Gasteiger partial charge is 0.508 e. The SMILES string of the molecule is CC(C)c1ccc(O)c([C@H](N)C(=O)O)c1. The van der Waals surface area contributed by atoms with E-state index in [1.807, 2.05) is 13.8 Å². The summed E-state index contributed by atoms with van der Waals surface area (Å²) >= 11 is 0. The van der Waals surface area contributed by atoms with Crippen LogP contribution < -0.4 is 5.73 Å². The molecule has 0 unspecified atom stereocenters. The molecule has 0 radical (unpaired) electrons. The van der Waals surface area contributed by atoms with Gasteiger partial charge in [0, 0.05) is 5.56 Å². The van der Waals surface area contributed by atoms with E-state index in [2.05, 4.69) is 0 Å². The zero-order valence-electron chi connectivity index (χ0n) is 8.77. The number of carbonyl (C=O) groups is 1. The Bertz CT molecular complexity index is 374. The van der Waals surface area contributed by atoms with Crippen LogP contribution in [0.4, 0.5) is 0 Å². The minimum Gasteiger partial charge on any atom is -0.508 e. The van der Waals surface area contributed by atoms with E-state index in [9.17, 15) is 9.90 Å². The highest BCUT2D eigenvalue weighted by Crippen LogP contribution is 2.27. The van der Waals surface area contributed by atoms with Crippen LogP contribution in [0.25, 0.3) is 0 Å². The van der Waals surface area contributed by atoms with E-state index in [1.165, 1.54) is 6.07 Å². The fraction of sp³-hybridized carbons (Fsp3) is 0.364. The molecule has 0 saturated carbocycles. The van der Waals surface area contributed by atoms with Gasteiger partial charge >= 0.3 is 5.97 Å². The third-order valence-corrected chi connectivity index (χ3v) is 2.32. The highest BCUT2D eigenvalue weighted by Gasteiger charge is 2.18. The van der Waals surface area contributed by atoms with Crippen molar-refractivity contribution in [2.24, 2.45) is 5.73 Å². The Balaban J connectivity index is 3.16. The molecule has 0 saturated heterocycles. The first kappa shape index (κ1) is 11.5. The molecule has 1 aromatic carbocycles. The second kappa shape index (κ2) is 4.31. The van der Waals surface area contributed by atoms with E-state index in [4.69, 9.17) is 10.8 Å². The summed E-state index contributed by atoms with van der Waals surface area (Å²) in [7, 11) is 0. The fourth-order valence-corrected chi connectivity index (χ4v) is 1.31. The molecule has 1 rings (SSSR count). The lowest BCUT2D eigenvalue weighted by molar-refractivity contribution is -0.138. The number of carboxylic acids is 1. The average Bonchev–Trinajstić information content (AvgIpc) is 2.16. The molecule has 1 aromatic rings. The summed E-state index contributed by atoms with van der Waals surface area (Å²) in [6.07, 6.45) is 0. The van der Waals surface area contributed by atoms with Crippen molar-refractivity contribution in [1.29, 1.82) is 0 Å². The third kappa shape index (κ3) is 2.47. The van der Waals surface area contributed by atoms with Crippen molar-refractivity contribution in [2.45, 2.75) is 25.8 Å². The number of benzene rings is 1. The molecule has 0 amide bonds.